The number of carbonyl (C=O) groups is 1. The number of aromatic amines is 1. The smallest absolute Gasteiger partial charge is 0.345 e. The molecule has 6 heteroatoms. The van der Waals surface area contributed by atoms with Crippen LogP contribution in [0.2, 0.25) is 0 Å². The number of hydrogen-bond acceptors (Lipinski definition) is 3. The van der Waals surface area contributed by atoms with Crippen LogP contribution in [0, 0.1) is 13.8 Å². The highest BCUT2D eigenvalue weighted by atomic mass is 16.4. The van der Waals surface area contributed by atoms with Crippen molar-refractivity contribution in [1.29, 1.82) is 0 Å². The van der Waals surface area contributed by atoms with Gasteiger partial charge in [0.25, 0.3) is 5.56 Å². The highest BCUT2D eigenvalue weighted by Crippen LogP contribution is 2.33. The number of fused-ring (bicyclic) bond motifs is 1. The van der Waals surface area contributed by atoms with Crippen LogP contribution in [0.15, 0.2) is 23.0 Å². The maximum atomic E-state index is 12.1. The molecule has 0 aliphatic heterocycles. The van der Waals surface area contributed by atoms with E-state index in [1.165, 1.54) is 0 Å². The first-order valence-electron chi connectivity index (χ1n) is 8.05. The minimum Gasteiger partial charge on any atom is -0.506 e. The summed E-state index contributed by atoms with van der Waals surface area (Å²) in [5.74, 6) is -1.90. The fraction of sp³-hybridized carbons (Fsp3) is 0.263. The Morgan fingerprint density at radius 1 is 1.28 bits per heavy atom. The Kier molecular flexibility index (Phi) is 3.91. The quantitative estimate of drug-likeness (QED) is 0.682. The second-order valence-electron chi connectivity index (χ2n) is 6.19. The third kappa shape index (κ3) is 2.41. The summed E-state index contributed by atoms with van der Waals surface area (Å²) < 4.78 is 2.10. The average Bonchev–Trinajstić information content (AvgIpc) is 2.78. The molecule has 3 aromatic rings. The summed E-state index contributed by atoms with van der Waals surface area (Å²) >= 11 is 0. The Bertz CT molecular complexity index is 1070. The van der Waals surface area contributed by atoms with E-state index in [4.69, 9.17) is 5.11 Å². The van der Waals surface area contributed by atoms with Gasteiger partial charge < -0.3 is 19.8 Å². The van der Waals surface area contributed by atoms with Gasteiger partial charge in [0, 0.05) is 29.2 Å². The van der Waals surface area contributed by atoms with Crippen molar-refractivity contribution in [2.45, 2.75) is 27.2 Å². The number of hydrogen-bond donors (Lipinski definition) is 3. The molecule has 6 nitrogen and oxygen atoms in total. The van der Waals surface area contributed by atoms with E-state index in [1.54, 1.807) is 6.92 Å². The first-order valence-corrected chi connectivity index (χ1v) is 8.05. The third-order valence-electron chi connectivity index (χ3n) is 4.95. The molecule has 0 bridgehead atoms. The molecule has 0 atom stereocenters. The van der Waals surface area contributed by atoms with Gasteiger partial charge in [-0.15, -0.1) is 0 Å². The van der Waals surface area contributed by atoms with Crippen LogP contribution in [0.25, 0.3) is 22.2 Å². The van der Waals surface area contributed by atoms with E-state index in [9.17, 15) is 14.7 Å². The van der Waals surface area contributed by atoms with Crippen LogP contribution < -0.4 is 5.56 Å². The molecule has 3 N–H and O–H groups in total. The van der Waals surface area contributed by atoms with Gasteiger partial charge in [0.05, 0.1) is 5.69 Å². The molecular weight excluding hydrogens is 320 g/mol. The summed E-state index contributed by atoms with van der Waals surface area (Å²) in [5.41, 5.74) is 3.56. The summed E-state index contributed by atoms with van der Waals surface area (Å²) in [7, 11) is 2.00. The highest BCUT2D eigenvalue weighted by Gasteiger charge is 2.22. The molecule has 130 valence electrons. The zero-order valence-corrected chi connectivity index (χ0v) is 14.6. The standard InChI is InChI=1S/C19H20N2O4/c1-5-12-16(20-18(23)15(17(12)22)19(24)25)11-6-7-14-13(8-11)9(2)10(3)21(14)4/h6-8H,5H2,1-4H3,(H,24,25)(H2,20,22,23). The van der Waals surface area contributed by atoms with Crippen LogP contribution in [-0.2, 0) is 13.5 Å². The van der Waals surface area contributed by atoms with Gasteiger partial charge in [-0.1, -0.05) is 13.0 Å². The van der Waals surface area contributed by atoms with Crippen molar-refractivity contribution in [2.24, 2.45) is 7.05 Å². The van der Waals surface area contributed by atoms with Crippen LogP contribution in [0.3, 0.4) is 0 Å². The minimum absolute atomic E-state index is 0.392. The van der Waals surface area contributed by atoms with Gasteiger partial charge in [-0.25, -0.2) is 4.79 Å². The molecule has 0 amide bonds. The number of benzene rings is 1. The second-order valence-corrected chi connectivity index (χ2v) is 6.19. The lowest BCUT2D eigenvalue weighted by molar-refractivity contribution is 0.0691. The number of carboxylic acid groups (broad SMARTS) is 1. The van der Waals surface area contributed by atoms with Gasteiger partial charge in [0.1, 0.15) is 5.75 Å². The molecule has 0 spiro atoms. The number of pyridine rings is 1. The molecule has 0 aliphatic carbocycles. The van der Waals surface area contributed by atoms with Gasteiger partial charge >= 0.3 is 5.97 Å². The number of nitrogens with one attached hydrogen (secondary N) is 1. The maximum Gasteiger partial charge on any atom is 0.345 e. The average molecular weight is 340 g/mol. The molecule has 25 heavy (non-hydrogen) atoms. The minimum atomic E-state index is -1.44. The molecule has 0 aliphatic rings. The molecule has 0 fully saturated rings. The number of aryl methyl sites for hydroxylation is 2. The Balaban J connectivity index is 2.33. The van der Waals surface area contributed by atoms with Crippen LogP contribution >= 0.6 is 0 Å². The lowest BCUT2D eigenvalue weighted by atomic mass is 9.99. The number of carboxylic acids is 1. The summed E-state index contributed by atoms with van der Waals surface area (Å²) in [6.07, 6.45) is 0.392. The molecule has 0 radical (unpaired) electrons. The van der Waals surface area contributed by atoms with E-state index >= 15 is 0 Å². The first-order chi connectivity index (χ1) is 11.8. The number of aromatic hydroxyl groups is 1. The molecule has 2 heterocycles. The Labute approximate surface area is 144 Å². The predicted octanol–water partition coefficient (Wildman–Crippen LogP) is 3.12. The lowest BCUT2D eigenvalue weighted by Gasteiger charge is -2.12. The van der Waals surface area contributed by atoms with Crippen molar-refractivity contribution >= 4 is 16.9 Å². The normalized spacial score (nSPS) is 11.2. The Morgan fingerprint density at radius 3 is 2.56 bits per heavy atom. The van der Waals surface area contributed by atoms with Gasteiger partial charge in [-0.3, -0.25) is 4.79 Å². The van der Waals surface area contributed by atoms with Gasteiger partial charge in [-0.05, 0) is 43.5 Å². The first kappa shape index (κ1) is 16.8. The van der Waals surface area contributed by atoms with Crippen molar-refractivity contribution in [3.8, 4) is 17.0 Å². The van der Waals surface area contributed by atoms with E-state index in [1.807, 2.05) is 39.1 Å². The van der Waals surface area contributed by atoms with Crippen LogP contribution in [0.4, 0.5) is 0 Å². The Morgan fingerprint density at radius 2 is 1.96 bits per heavy atom. The zero-order chi connectivity index (χ0) is 18.5. The van der Waals surface area contributed by atoms with Gasteiger partial charge in [-0.2, -0.15) is 0 Å². The largest absolute Gasteiger partial charge is 0.506 e. The lowest BCUT2D eigenvalue weighted by Crippen LogP contribution is -2.20. The number of nitrogens with zero attached hydrogens (tertiary/aromatic N) is 1. The molecule has 0 saturated carbocycles. The predicted molar refractivity (Wildman–Crippen MR) is 96.5 cm³/mol. The number of aromatic nitrogens is 2. The molecule has 0 saturated heterocycles. The summed E-state index contributed by atoms with van der Waals surface area (Å²) in [6.45, 7) is 5.89. The van der Waals surface area contributed by atoms with Crippen LogP contribution in [0.5, 0.6) is 5.75 Å². The van der Waals surface area contributed by atoms with Crippen molar-refractivity contribution in [3.05, 3.63) is 50.9 Å². The molecule has 2 aromatic heterocycles. The van der Waals surface area contributed by atoms with E-state index < -0.39 is 22.8 Å². The van der Waals surface area contributed by atoms with Crippen molar-refractivity contribution in [3.63, 3.8) is 0 Å². The summed E-state index contributed by atoms with van der Waals surface area (Å²) in [6, 6.07) is 5.79. The van der Waals surface area contributed by atoms with E-state index in [-0.39, 0.29) is 0 Å². The second kappa shape index (κ2) is 5.81. The molecular formula is C19H20N2O4. The van der Waals surface area contributed by atoms with Crippen molar-refractivity contribution in [2.75, 3.05) is 0 Å². The number of rotatable bonds is 3. The monoisotopic (exact) mass is 340 g/mol. The van der Waals surface area contributed by atoms with Gasteiger partial charge in [0.15, 0.2) is 5.56 Å². The maximum absolute atomic E-state index is 12.1. The number of aromatic carboxylic acids is 1. The van der Waals surface area contributed by atoms with E-state index in [2.05, 4.69) is 9.55 Å². The fourth-order valence-electron chi connectivity index (χ4n) is 3.33. The van der Waals surface area contributed by atoms with Gasteiger partial charge in [0.2, 0.25) is 0 Å². The van der Waals surface area contributed by atoms with Crippen molar-refractivity contribution in [1.82, 2.24) is 9.55 Å². The third-order valence-corrected chi connectivity index (χ3v) is 4.95. The molecule has 0 unspecified atom stereocenters. The summed E-state index contributed by atoms with van der Waals surface area (Å²) in [5, 5.41) is 20.5. The molecule has 1 aromatic carbocycles. The Hall–Kier alpha value is -3.02. The highest BCUT2D eigenvalue weighted by molar-refractivity contribution is 5.93. The van der Waals surface area contributed by atoms with E-state index in [0.29, 0.717) is 17.7 Å². The fourth-order valence-corrected chi connectivity index (χ4v) is 3.33. The van der Waals surface area contributed by atoms with Crippen molar-refractivity contribution < 1.29 is 15.0 Å². The van der Waals surface area contributed by atoms with Crippen LogP contribution in [-0.4, -0.2) is 25.7 Å². The SMILES string of the molecule is CCc1c(-c2ccc3c(c2)c(C)c(C)n3C)[nH]c(=O)c(C(=O)O)c1O. The van der Waals surface area contributed by atoms with E-state index in [0.717, 1.165) is 27.7 Å². The number of H-pyrrole nitrogens is 1. The zero-order valence-electron chi connectivity index (χ0n) is 14.6. The summed E-state index contributed by atoms with van der Waals surface area (Å²) in [4.78, 5) is 26.0. The molecule has 3 rings (SSSR count). The van der Waals surface area contributed by atoms with Crippen LogP contribution in [0.1, 0.15) is 34.1 Å². The topological polar surface area (TPSA) is 95.3 Å².